The molecule has 0 unspecified atom stereocenters. The van der Waals surface area contributed by atoms with Gasteiger partial charge >= 0.3 is 0 Å². The summed E-state index contributed by atoms with van der Waals surface area (Å²) in [6.45, 7) is 5.76. The van der Waals surface area contributed by atoms with Gasteiger partial charge in [0.05, 0.1) is 6.54 Å². The lowest BCUT2D eigenvalue weighted by atomic mass is 10.1. The zero-order chi connectivity index (χ0) is 18.2. The first-order valence-corrected chi connectivity index (χ1v) is 10.0. The van der Waals surface area contributed by atoms with E-state index in [2.05, 4.69) is 35.2 Å². The second-order valence-corrected chi connectivity index (χ2v) is 7.44. The molecular formula is C21H31N3O2. The van der Waals surface area contributed by atoms with Crippen molar-refractivity contribution in [3.05, 3.63) is 35.9 Å². The summed E-state index contributed by atoms with van der Waals surface area (Å²) in [6, 6.07) is 10.7. The minimum Gasteiger partial charge on any atom is -0.340 e. The summed E-state index contributed by atoms with van der Waals surface area (Å²) in [5.74, 6) is 0.249. The molecule has 142 valence electrons. The molecular weight excluding hydrogens is 326 g/mol. The van der Waals surface area contributed by atoms with Crippen molar-refractivity contribution in [2.45, 2.75) is 38.5 Å². The Hall–Kier alpha value is -1.88. The van der Waals surface area contributed by atoms with Crippen LogP contribution in [0.5, 0.6) is 0 Å². The van der Waals surface area contributed by atoms with Gasteiger partial charge in [-0.2, -0.15) is 0 Å². The predicted octanol–water partition coefficient (Wildman–Crippen LogP) is 2.17. The lowest BCUT2D eigenvalue weighted by Crippen LogP contribution is -2.42. The van der Waals surface area contributed by atoms with E-state index in [1.807, 2.05) is 4.90 Å². The van der Waals surface area contributed by atoms with E-state index in [-0.39, 0.29) is 18.4 Å². The average molecular weight is 357 g/mol. The minimum absolute atomic E-state index is 0.117. The Kier molecular flexibility index (Phi) is 7.06. The van der Waals surface area contributed by atoms with Crippen LogP contribution in [-0.2, 0) is 16.0 Å². The van der Waals surface area contributed by atoms with Crippen molar-refractivity contribution in [2.24, 2.45) is 0 Å². The number of likely N-dealkylation sites (tertiary alicyclic amines) is 1. The van der Waals surface area contributed by atoms with E-state index in [0.717, 1.165) is 58.5 Å². The number of aryl methyl sites for hydroxylation is 1. The van der Waals surface area contributed by atoms with Gasteiger partial charge in [0.1, 0.15) is 0 Å². The topological polar surface area (TPSA) is 43.9 Å². The highest BCUT2D eigenvalue weighted by Crippen LogP contribution is 2.12. The third-order valence-electron chi connectivity index (χ3n) is 5.47. The van der Waals surface area contributed by atoms with Crippen LogP contribution in [0.2, 0.25) is 0 Å². The van der Waals surface area contributed by atoms with Crippen LogP contribution in [0.3, 0.4) is 0 Å². The number of carbonyl (C=O) groups is 2. The van der Waals surface area contributed by atoms with Crippen LogP contribution in [-0.4, -0.2) is 72.3 Å². The van der Waals surface area contributed by atoms with Crippen LogP contribution in [0, 0.1) is 0 Å². The maximum atomic E-state index is 12.5. The first-order valence-electron chi connectivity index (χ1n) is 10.0. The van der Waals surface area contributed by atoms with Crippen LogP contribution in [0.15, 0.2) is 30.3 Å². The van der Waals surface area contributed by atoms with E-state index >= 15 is 0 Å². The van der Waals surface area contributed by atoms with Crippen LogP contribution < -0.4 is 0 Å². The molecule has 2 amide bonds. The second kappa shape index (κ2) is 9.72. The van der Waals surface area contributed by atoms with Crippen molar-refractivity contribution in [3.8, 4) is 0 Å². The molecule has 0 atom stereocenters. The van der Waals surface area contributed by atoms with Crippen molar-refractivity contribution in [1.82, 2.24) is 14.7 Å². The van der Waals surface area contributed by atoms with Crippen molar-refractivity contribution < 1.29 is 9.59 Å². The van der Waals surface area contributed by atoms with Crippen molar-refractivity contribution in [1.29, 1.82) is 0 Å². The third-order valence-corrected chi connectivity index (χ3v) is 5.47. The number of carbonyl (C=O) groups excluding carboxylic acids is 2. The molecule has 2 heterocycles. The van der Waals surface area contributed by atoms with E-state index in [4.69, 9.17) is 0 Å². The molecule has 3 rings (SSSR count). The van der Waals surface area contributed by atoms with Gasteiger partial charge < -0.3 is 14.7 Å². The Morgan fingerprint density at radius 1 is 0.923 bits per heavy atom. The second-order valence-electron chi connectivity index (χ2n) is 7.44. The Balaban J connectivity index is 1.35. The maximum absolute atomic E-state index is 12.5. The molecule has 1 aromatic rings. The molecule has 5 nitrogen and oxygen atoms in total. The molecule has 0 spiro atoms. The van der Waals surface area contributed by atoms with Gasteiger partial charge in [0.25, 0.3) is 0 Å². The summed E-state index contributed by atoms with van der Waals surface area (Å²) in [4.78, 5) is 30.4. The fourth-order valence-corrected chi connectivity index (χ4v) is 3.89. The van der Waals surface area contributed by atoms with Gasteiger partial charge in [-0.25, -0.2) is 0 Å². The SMILES string of the molecule is O=C(CN1CCCC1=O)N1CCCN(CCCCc2ccccc2)CC1. The lowest BCUT2D eigenvalue weighted by Gasteiger charge is -2.24. The zero-order valence-electron chi connectivity index (χ0n) is 15.7. The summed E-state index contributed by atoms with van der Waals surface area (Å²) < 4.78 is 0. The summed E-state index contributed by atoms with van der Waals surface area (Å²) in [5, 5.41) is 0. The molecule has 2 fully saturated rings. The average Bonchev–Trinajstić information content (AvgIpc) is 2.92. The molecule has 5 heteroatoms. The van der Waals surface area contributed by atoms with E-state index in [9.17, 15) is 9.59 Å². The highest BCUT2D eigenvalue weighted by Gasteiger charge is 2.25. The Bertz CT molecular complexity index is 590. The smallest absolute Gasteiger partial charge is 0.242 e. The molecule has 2 aliphatic rings. The van der Waals surface area contributed by atoms with Gasteiger partial charge in [-0.15, -0.1) is 0 Å². The molecule has 0 N–H and O–H groups in total. The molecule has 0 radical (unpaired) electrons. The van der Waals surface area contributed by atoms with E-state index in [1.54, 1.807) is 4.90 Å². The molecule has 0 saturated carbocycles. The lowest BCUT2D eigenvalue weighted by molar-refractivity contribution is -0.138. The van der Waals surface area contributed by atoms with Crippen molar-refractivity contribution in [2.75, 3.05) is 45.8 Å². The fourth-order valence-electron chi connectivity index (χ4n) is 3.89. The highest BCUT2D eigenvalue weighted by molar-refractivity contribution is 5.85. The van der Waals surface area contributed by atoms with Crippen molar-refractivity contribution >= 4 is 11.8 Å². The number of benzene rings is 1. The number of nitrogens with zero attached hydrogens (tertiary/aromatic N) is 3. The van der Waals surface area contributed by atoms with Gasteiger partial charge in [0.15, 0.2) is 0 Å². The van der Waals surface area contributed by atoms with Crippen LogP contribution in [0.25, 0.3) is 0 Å². The quantitative estimate of drug-likeness (QED) is 0.703. The van der Waals surface area contributed by atoms with Gasteiger partial charge in [-0.1, -0.05) is 30.3 Å². The number of amides is 2. The van der Waals surface area contributed by atoms with Gasteiger partial charge in [0.2, 0.25) is 11.8 Å². The summed E-state index contributed by atoms with van der Waals surface area (Å²) >= 11 is 0. The Morgan fingerprint density at radius 2 is 1.77 bits per heavy atom. The Morgan fingerprint density at radius 3 is 2.54 bits per heavy atom. The first kappa shape index (κ1) is 18.9. The number of rotatable bonds is 7. The Labute approximate surface area is 156 Å². The zero-order valence-corrected chi connectivity index (χ0v) is 15.7. The molecule has 0 aromatic heterocycles. The predicted molar refractivity (Wildman–Crippen MR) is 103 cm³/mol. The molecule has 26 heavy (non-hydrogen) atoms. The normalized spacial score (nSPS) is 19.0. The summed E-state index contributed by atoms with van der Waals surface area (Å²) in [7, 11) is 0. The molecule has 1 aromatic carbocycles. The molecule has 0 aliphatic carbocycles. The van der Waals surface area contributed by atoms with Crippen LogP contribution >= 0.6 is 0 Å². The molecule has 0 bridgehead atoms. The first-order chi connectivity index (χ1) is 12.7. The van der Waals surface area contributed by atoms with Gasteiger partial charge in [-0.3, -0.25) is 9.59 Å². The summed E-state index contributed by atoms with van der Waals surface area (Å²) in [6.07, 6.45) is 6.07. The highest BCUT2D eigenvalue weighted by atomic mass is 16.2. The number of hydrogen-bond donors (Lipinski definition) is 0. The van der Waals surface area contributed by atoms with E-state index in [1.165, 1.54) is 18.4 Å². The number of hydrogen-bond acceptors (Lipinski definition) is 3. The summed E-state index contributed by atoms with van der Waals surface area (Å²) in [5.41, 5.74) is 1.41. The molecule has 2 aliphatic heterocycles. The fraction of sp³-hybridized carbons (Fsp3) is 0.619. The monoisotopic (exact) mass is 357 g/mol. The van der Waals surface area contributed by atoms with Gasteiger partial charge in [-0.05, 0) is 50.8 Å². The van der Waals surface area contributed by atoms with E-state index in [0.29, 0.717) is 6.42 Å². The van der Waals surface area contributed by atoms with Crippen molar-refractivity contribution in [3.63, 3.8) is 0 Å². The third kappa shape index (κ3) is 5.56. The van der Waals surface area contributed by atoms with E-state index < -0.39 is 0 Å². The van der Waals surface area contributed by atoms with Gasteiger partial charge in [0, 0.05) is 32.6 Å². The largest absolute Gasteiger partial charge is 0.340 e. The van der Waals surface area contributed by atoms with Crippen LogP contribution in [0.1, 0.15) is 37.7 Å². The van der Waals surface area contributed by atoms with Crippen LogP contribution in [0.4, 0.5) is 0 Å². The standard InChI is InChI=1S/C21H31N3O2/c25-20-11-6-14-24(20)18-21(26)23-15-7-13-22(16-17-23)12-5-4-10-19-8-2-1-3-9-19/h1-3,8-9H,4-7,10-18H2. The minimum atomic E-state index is 0.117. The molecule has 2 saturated heterocycles. The number of unbranched alkanes of at least 4 members (excludes halogenated alkanes) is 1. The maximum Gasteiger partial charge on any atom is 0.242 e.